The van der Waals surface area contributed by atoms with Crippen LogP contribution in [0.25, 0.3) is 0 Å². The molecule has 1 aromatic carbocycles. The number of amides is 1. The summed E-state index contributed by atoms with van der Waals surface area (Å²) < 4.78 is 0. The highest BCUT2D eigenvalue weighted by Crippen LogP contribution is 2.34. The number of hydrogen-bond acceptors (Lipinski definition) is 2. The van der Waals surface area contributed by atoms with E-state index in [0.717, 1.165) is 51.4 Å². The zero-order valence-corrected chi connectivity index (χ0v) is 14.4. The van der Waals surface area contributed by atoms with Crippen LogP contribution in [0, 0.1) is 5.92 Å². The highest BCUT2D eigenvalue weighted by atomic mass is 16.2. The summed E-state index contributed by atoms with van der Waals surface area (Å²) in [5.41, 5.74) is 1.49. The number of carbonyl (C=O) groups is 1. The summed E-state index contributed by atoms with van der Waals surface area (Å²) in [5.74, 6) is 1.11. The first-order valence-corrected chi connectivity index (χ1v) is 9.21. The molecule has 1 aromatic rings. The summed E-state index contributed by atoms with van der Waals surface area (Å²) in [7, 11) is 0. The van der Waals surface area contributed by atoms with Crippen LogP contribution in [-0.4, -0.2) is 37.0 Å². The number of piperidine rings is 2. The minimum atomic E-state index is 0.115. The predicted octanol–water partition coefficient (Wildman–Crippen LogP) is 3.35. The summed E-state index contributed by atoms with van der Waals surface area (Å²) in [6.07, 6.45) is 6.55. The molecule has 126 valence electrons. The molecule has 0 saturated carbocycles. The zero-order chi connectivity index (χ0) is 16.1. The van der Waals surface area contributed by atoms with Crippen LogP contribution >= 0.6 is 0 Å². The fraction of sp³-hybridized carbons (Fsp3) is 0.650. The number of benzene rings is 1. The van der Waals surface area contributed by atoms with Crippen molar-refractivity contribution in [2.45, 2.75) is 50.9 Å². The lowest BCUT2D eigenvalue weighted by atomic mass is 9.76. The molecule has 2 aliphatic rings. The third kappa shape index (κ3) is 4.14. The molecule has 0 aromatic heterocycles. The van der Waals surface area contributed by atoms with Gasteiger partial charge in [-0.25, -0.2) is 0 Å². The summed E-state index contributed by atoms with van der Waals surface area (Å²) >= 11 is 0. The topological polar surface area (TPSA) is 32.3 Å². The van der Waals surface area contributed by atoms with Crippen LogP contribution in [0.2, 0.25) is 0 Å². The van der Waals surface area contributed by atoms with Gasteiger partial charge in [0, 0.05) is 24.9 Å². The molecular formula is C20H30N2O. The Morgan fingerprint density at radius 3 is 2.74 bits per heavy atom. The molecule has 2 heterocycles. The Balaban J connectivity index is 1.56. The Bertz CT molecular complexity index is 510. The number of likely N-dealkylation sites (tertiary alicyclic amines) is 1. The fourth-order valence-corrected chi connectivity index (χ4v) is 4.18. The van der Waals surface area contributed by atoms with E-state index in [1.54, 1.807) is 0 Å². The Hall–Kier alpha value is -1.35. The number of nitrogens with zero attached hydrogens (tertiary/aromatic N) is 1. The van der Waals surface area contributed by atoms with Gasteiger partial charge in [-0.05, 0) is 56.7 Å². The fourth-order valence-electron chi connectivity index (χ4n) is 4.18. The summed E-state index contributed by atoms with van der Waals surface area (Å²) in [6.45, 7) is 6.37. The van der Waals surface area contributed by atoms with E-state index in [0.29, 0.717) is 5.91 Å². The summed E-state index contributed by atoms with van der Waals surface area (Å²) in [6, 6.07) is 10.7. The normalized spacial score (nSPS) is 26.2. The van der Waals surface area contributed by atoms with Crippen molar-refractivity contribution in [2.75, 3.05) is 26.2 Å². The van der Waals surface area contributed by atoms with Crippen molar-refractivity contribution in [3.8, 4) is 0 Å². The van der Waals surface area contributed by atoms with Crippen LogP contribution in [0.5, 0.6) is 0 Å². The minimum Gasteiger partial charge on any atom is -0.342 e. The van der Waals surface area contributed by atoms with E-state index in [2.05, 4.69) is 47.5 Å². The van der Waals surface area contributed by atoms with Crippen LogP contribution in [0.3, 0.4) is 0 Å². The molecule has 1 unspecified atom stereocenters. The van der Waals surface area contributed by atoms with Crippen molar-refractivity contribution in [3.05, 3.63) is 35.9 Å². The molecule has 3 rings (SSSR count). The summed E-state index contributed by atoms with van der Waals surface area (Å²) in [4.78, 5) is 14.8. The van der Waals surface area contributed by atoms with Crippen molar-refractivity contribution in [1.82, 2.24) is 10.2 Å². The van der Waals surface area contributed by atoms with Gasteiger partial charge in [0.05, 0.1) is 0 Å². The van der Waals surface area contributed by atoms with Gasteiger partial charge in [0.15, 0.2) is 0 Å². The van der Waals surface area contributed by atoms with Gasteiger partial charge in [0.25, 0.3) is 0 Å². The van der Waals surface area contributed by atoms with Gasteiger partial charge in [-0.15, -0.1) is 0 Å². The standard InChI is InChI=1S/C20H30N2O/c1-20(18-6-3-2-4-7-18)12-5-15-22(16-20)19(23)9-8-17-10-13-21-14-11-17/h2-4,6-7,17,21H,5,8-16H2,1H3. The molecule has 1 atom stereocenters. The predicted molar refractivity (Wildman–Crippen MR) is 94.4 cm³/mol. The molecule has 1 amide bonds. The van der Waals surface area contributed by atoms with E-state index in [-0.39, 0.29) is 5.41 Å². The van der Waals surface area contributed by atoms with E-state index >= 15 is 0 Å². The second-order valence-electron chi connectivity index (χ2n) is 7.58. The van der Waals surface area contributed by atoms with Crippen molar-refractivity contribution < 1.29 is 4.79 Å². The molecule has 1 N–H and O–H groups in total. The van der Waals surface area contributed by atoms with Gasteiger partial charge >= 0.3 is 0 Å². The van der Waals surface area contributed by atoms with Crippen LogP contribution in [0.15, 0.2) is 30.3 Å². The van der Waals surface area contributed by atoms with Crippen molar-refractivity contribution in [1.29, 1.82) is 0 Å². The monoisotopic (exact) mass is 314 g/mol. The highest BCUT2D eigenvalue weighted by molar-refractivity contribution is 5.76. The van der Waals surface area contributed by atoms with Crippen molar-refractivity contribution in [2.24, 2.45) is 5.92 Å². The molecule has 0 bridgehead atoms. The Morgan fingerprint density at radius 1 is 1.26 bits per heavy atom. The van der Waals surface area contributed by atoms with Gasteiger partial charge in [-0.1, -0.05) is 37.3 Å². The molecule has 3 heteroatoms. The van der Waals surface area contributed by atoms with Crippen molar-refractivity contribution in [3.63, 3.8) is 0 Å². The second-order valence-corrected chi connectivity index (χ2v) is 7.58. The molecule has 2 fully saturated rings. The van der Waals surface area contributed by atoms with Gasteiger partial charge < -0.3 is 10.2 Å². The lowest BCUT2D eigenvalue weighted by Gasteiger charge is -2.41. The quantitative estimate of drug-likeness (QED) is 0.924. The SMILES string of the molecule is CC1(c2ccccc2)CCCN(C(=O)CCC2CCNCC2)C1. The Morgan fingerprint density at radius 2 is 2.00 bits per heavy atom. The van der Waals surface area contributed by atoms with E-state index in [1.807, 2.05) is 0 Å². The van der Waals surface area contributed by atoms with Gasteiger partial charge in [0.2, 0.25) is 5.91 Å². The average Bonchev–Trinajstić information content (AvgIpc) is 2.61. The smallest absolute Gasteiger partial charge is 0.222 e. The lowest BCUT2D eigenvalue weighted by molar-refractivity contribution is -0.133. The number of hydrogen-bond donors (Lipinski definition) is 1. The molecule has 0 spiro atoms. The first-order valence-electron chi connectivity index (χ1n) is 9.21. The summed E-state index contributed by atoms with van der Waals surface area (Å²) in [5, 5.41) is 3.40. The molecule has 2 aliphatic heterocycles. The van der Waals surface area contributed by atoms with E-state index in [9.17, 15) is 4.79 Å². The van der Waals surface area contributed by atoms with Gasteiger partial charge in [0.1, 0.15) is 0 Å². The number of carbonyl (C=O) groups excluding carboxylic acids is 1. The first kappa shape index (κ1) is 16.5. The van der Waals surface area contributed by atoms with E-state index < -0.39 is 0 Å². The number of rotatable bonds is 4. The second kappa shape index (κ2) is 7.48. The lowest BCUT2D eigenvalue weighted by Crippen LogP contribution is -2.47. The maximum Gasteiger partial charge on any atom is 0.222 e. The zero-order valence-electron chi connectivity index (χ0n) is 14.4. The Labute approximate surface area is 140 Å². The van der Waals surface area contributed by atoms with Gasteiger partial charge in [-0.3, -0.25) is 4.79 Å². The van der Waals surface area contributed by atoms with E-state index in [1.165, 1.54) is 24.8 Å². The van der Waals surface area contributed by atoms with Crippen LogP contribution in [0.1, 0.15) is 51.0 Å². The van der Waals surface area contributed by atoms with Crippen LogP contribution in [0.4, 0.5) is 0 Å². The average molecular weight is 314 g/mol. The third-order valence-electron chi connectivity index (χ3n) is 5.75. The van der Waals surface area contributed by atoms with E-state index in [4.69, 9.17) is 0 Å². The van der Waals surface area contributed by atoms with Crippen LogP contribution < -0.4 is 5.32 Å². The largest absolute Gasteiger partial charge is 0.342 e. The highest BCUT2D eigenvalue weighted by Gasteiger charge is 2.34. The molecular weight excluding hydrogens is 284 g/mol. The first-order chi connectivity index (χ1) is 11.2. The minimum absolute atomic E-state index is 0.115. The maximum atomic E-state index is 12.7. The molecule has 3 nitrogen and oxygen atoms in total. The molecule has 0 radical (unpaired) electrons. The van der Waals surface area contributed by atoms with Crippen LogP contribution in [-0.2, 0) is 10.2 Å². The van der Waals surface area contributed by atoms with Crippen molar-refractivity contribution >= 4 is 5.91 Å². The molecule has 23 heavy (non-hydrogen) atoms. The maximum absolute atomic E-state index is 12.7. The molecule has 2 saturated heterocycles. The molecule has 0 aliphatic carbocycles. The third-order valence-corrected chi connectivity index (χ3v) is 5.75. The Kier molecular flexibility index (Phi) is 5.37. The van der Waals surface area contributed by atoms with Gasteiger partial charge in [-0.2, -0.15) is 0 Å². The number of nitrogens with one attached hydrogen (secondary N) is 1.